The molecule has 0 aliphatic rings. The lowest BCUT2D eigenvalue weighted by Crippen LogP contribution is -2.13. The van der Waals surface area contributed by atoms with E-state index in [1.54, 1.807) is 0 Å². The maximum Gasteiger partial charge on any atom is 0.312 e. The van der Waals surface area contributed by atoms with Crippen LogP contribution in [0, 0.1) is 0 Å². The molecule has 5 heteroatoms. The van der Waals surface area contributed by atoms with E-state index in [2.05, 4.69) is 12.1 Å². The maximum absolute atomic E-state index is 11.7. The van der Waals surface area contributed by atoms with Gasteiger partial charge in [0, 0.05) is 11.3 Å². The fraction of sp³-hybridized carbons (Fsp3) is 0.261. The normalized spacial score (nSPS) is 11.8. The predicted octanol–water partition coefficient (Wildman–Crippen LogP) is 5.18. The van der Waals surface area contributed by atoms with E-state index in [0.29, 0.717) is 31.1 Å². The third-order valence-electron chi connectivity index (χ3n) is 4.42. The molecule has 4 nitrogen and oxygen atoms in total. The van der Waals surface area contributed by atoms with Crippen molar-refractivity contribution in [2.24, 2.45) is 0 Å². The van der Waals surface area contributed by atoms with Crippen molar-refractivity contribution in [2.75, 3.05) is 13.2 Å². The molecule has 1 heterocycles. The molecule has 0 saturated carbocycles. The van der Waals surface area contributed by atoms with Crippen molar-refractivity contribution < 1.29 is 19.4 Å². The zero-order valence-electron chi connectivity index (χ0n) is 15.8. The van der Waals surface area contributed by atoms with E-state index in [1.807, 2.05) is 60.8 Å². The molecule has 1 aromatic heterocycles. The first-order valence-corrected chi connectivity index (χ1v) is 10.2. The molecule has 0 radical (unpaired) electrons. The van der Waals surface area contributed by atoms with Crippen molar-refractivity contribution >= 4 is 17.3 Å². The number of benzene rings is 2. The standard InChI is InChI=1S/C23H24O4S/c1-2-26-21-16-18(15-19(23(24)25)22-9-6-14-28-22)10-11-20(21)27-13-12-17-7-4-3-5-8-17/h3-11,14,16,19H,2,12-13,15H2,1H3,(H,24,25). The monoisotopic (exact) mass is 396 g/mol. The van der Waals surface area contributed by atoms with Crippen molar-refractivity contribution in [2.45, 2.75) is 25.7 Å². The Morgan fingerprint density at radius 3 is 2.50 bits per heavy atom. The molecule has 0 aliphatic carbocycles. The summed E-state index contributed by atoms with van der Waals surface area (Å²) in [5.74, 6) is -0.0316. The summed E-state index contributed by atoms with van der Waals surface area (Å²) >= 11 is 1.47. The molecular formula is C23H24O4S. The van der Waals surface area contributed by atoms with Gasteiger partial charge in [-0.05, 0) is 48.1 Å². The zero-order chi connectivity index (χ0) is 19.8. The number of carbonyl (C=O) groups is 1. The zero-order valence-corrected chi connectivity index (χ0v) is 16.7. The van der Waals surface area contributed by atoms with Crippen LogP contribution in [0.4, 0.5) is 0 Å². The van der Waals surface area contributed by atoms with Crippen LogP contribution >= 0.6 is 11.3 Å². The number of carboxylic acids is 1. The first kappa shape index (κ1) is 20.0. The van der Waals surface area contributed by atoms with E-state index in [-0.39, 0.29) is 0 Å². The summed E-state index contributed by atoms with van der Waals surface area (Å²) in [6.07, 6.45) is 1.23. The molecule has 2 aromatic carbocycles. The van der Waals surface area contributed by atoms with Crippen LogP contribution in [0.1, 0.15) is 28.8 Å². The Balaban J connectivity index is 1.70. The van der Waals surface area contributed by atoms with Gasteiger partial charge in [0.05, 0.1) is 19.1 Å². The van der Waals surface area contributed by atoms with Gasteiger partial charge in [-0.25, -0.2) is 0 Å². The Bertz CT molecular complexity index is 875. The second kappa shape index (κ2) is 9.95. The van der Waals surface area contributed by atoms with Gasteiger partial charge >= 0.3 is 5.97 Å². The average molecular weight is 397 g/mol. The highest BCUT2D eigenvalue weighted by atomic mass is 32.1. The molecule has 3 aromatic rings. The number of hydrogen-bond donors (Lipinski definition) is 1. The van der Waals surface area contributed by atoms with Gasteiger partial charge in [0.1, 0.15) is 0 Å². The molecule has 146 valence electrons. The second-order valence-corrected chi connectivity index (χ2v) is 7.39. The molecule has 0 spiro atoms. The number of hydrogen-bond acceptors (Lipinski definition) is 4. The molecule has 0 aliphatic heterocycles. The smallest absolute Gasteiger partial charge is 0.312 e. The predicted molar refractivity (Wildman–Crippen MR) is 112 cm³/mol. The highest BCUT2D eigenvalue weighted by Gasteiger charge is 2.22. The lowest BCUT2D eigenvalue weighted by molar-refractivity contribution is -0.138. The minimum Gasteiger partial charge on any atom is -0.490 e. The molecule has 1 N–H and O–H groups in total. The Hall–Kier alpha value is -2.79. The summed E-state index contributed by atoms with van der Waals surface area (Å²) in [4.78, 5) is 12.6. The van der Waals surface area contributed by atoms with E-state index >= 15 is 0 Å². The van der Waals surface area contributed by atoms with Gasteiger partial charge in [-0.1, -0.05) is 42.5 Å². The van der Waals surface area contributed by atoms with Gasteiger partial charge in [0.2, 0.25) is 0 Å². The van der Waals surface area contributed by atoms with Crippen LogP contribution in [0.2, 0.25) is 0 Å². The van der Waals surface area contributed by atoms with Gasteiger partial charge in [-0.3, -0.25) is 4.79 Å². The van der Waals surface area contributed by atoms with Crippen LogP contribution in [0.3, 0.4) is 0 Å². The van der Waals surface area contributed by atoms with Crippen molar-refractivity contribution in [3.8, 4) is 11.5 Å². The van der Waals surface area contributed by atoms with Gasteiger partial charge in [0.25, 0.3) is 0 Å². The summed E-state index contributed by atoms with van der Waals surface area (Å²) in [5.41, 5.74) is 2.14. The lowest BCUT2D eigenvalue weighted by Gasteiger charge is -2.15. The Morgan fingerprint density at radius 1 is 1.00 bits per heavy atom. The van der Waals surface area contributed by atoms with Crippen molar-refractivity contribution in [1.82, 2.24) is 0 Å². The van der Waals surface area contributed by atoms with Crippen molar-refractivity contribution in [3.05, 3.63) is 82.0 Å². The van der Waals surface area contributed by atoms with E-state index < -0.39 is 11.9 Å². The number of thiophene rings is 1. The van der Waals surface area contributed by atoms with E-state index in [1.165, 1.54) is 16.9 Å². The van der Waals surface area contributed by atoms with Crippen LogP contribution in [-0.4, -0.2) is 24.3 Å². The van der Waals surface area contributed by atoms with Crippen LogP contribution in [-0.2, 0) is 17.6 Å². The Morgan fingerprint density at radius 2 is 1.82 bits per heavy atom. The summed E-state index contributed by atoms with van der Waals surface area (Å²) in [5, 5.41) is 11.5. The average Bonchev–Trinajstić information content (AvgIpc) is 3.23. The molecule has 3 rings (SSSR count). The summed E-state index contributed by atoms with van der Waals surface area (Å²) in [6.45, 7) is 2.99. The van der Waals surface area contributed by atoms with Crippen LogP contribution in [0.5, 0.6) is 11.5 Å². The van der Waals surface area contributed by atoms with E-state index in [4.69, 9.17) is 9.47 Å². The molecule has 0 amide bonds. The maximum atomic E-state index is 11.7. The van der Waals surface area contributed by atoms with E-state index in [0.717, 1.165) is 16.9 Å². The van der Waals surface area contributed by atoms with E-state index in [9.17, 15) is 9.90 Å². The minimum atomic E-state index is -0.816. The highest BCUT2D eigenvalue weighted by molar-refractivity contribution is 7.10. The topological polar surface area (TPSA) is 55.8 Å². The third-order valence-corrected chi connectivity index (χ3v) is 5.41. The third kappa shape index (κ3) is 5.36. The van der Waals surface area contributed by atoms with Crippen LogP contribution in [0.25, 0.3) is 0 Å². The van der Waals surface area contributed by atoms with Crippen molar-refractivity contribution in [1.29, 1.82) is 0 Å². The first-order chi connectivity index (χ1) is 13.7. The minimum absolute atomic E-state index is 0.417. The van der Waals surface area contributed by atoms with Crippen LogP contribution in [0.15, 0.2) is 66.0 Å². The summed E-state index contributed by atoms with van der Waals surface area (Å²) in [7, 11) is 0. The number of rotatable bonds is 10. The highest BCUT2D eigenvalue weighted by Crippen LogP contribution is 2.32. The Labute approximate surface area is 169 Å². The first-order valence-electron chi connectivity index (χ1n) is 9.36. The SMILES string of the molecule is CCOc1cc(CC(C(=O)O)c2cccs2)ccc1OCCc1ccccc1. The van der Waals surface area contributed by atoms with Gasteiger partial charge < -0.3 is 14.6 Å². The van der Waals surface area contributed by atoms with Gasteiger partial charge in [-0.15, -0.1) is 11.3 Å². The van der Waals surface area contributed by atoms with Crippen LogP contribution < -0.4 is 9.47 Å². The van der Waals surface area contributed by atoms with Gasteiger partial charge in [0.15, 0.2) is 11.5 Å². The number of aliphatic carboxylic acids is 1. The molecule has 0 bridgehead atoms. The fourth-order valence-electron chi connectivity index (χ4n) is 3.03. The molecular weight excluding hydrogens is 372 g/mol. The van der Waals surface area contributed by atoms with Gasteiger partial charge in [-0.2, -0.15) is 0 Å². The quantitative estimate of drug-likeness (QED) is 0.513. The molecule has 0 fully saturated rings. The summed E-state index contributed by atoms with van der Waals surface area (Å²) in [6, 6.07) is 19.6. The molecule has 28 heavy (non-hydrogen) atoms. The lowest BCUT2D eigenvalue weighted by atomic mass is 9.97. The molecule has 1 atom stereocenters. The largest absolute Gasteiger partial charge is 0.490 e. The number of carboxylic acid groups (broad SMARTS) is 1. The number of ether oxygens (including phenoxy) is 2. The Kier molecular flexibility index (Phi) is 7.09. The summed E-state index contributed by atoms with van der Waals surface area (Å²) < 4.78 is 11.7. The van der Waals surface area contributed by atoms with Crippen molar-refractivity contribution in [3.63, 3.8) is 0 Å². The second-order valence-electron chi connectivity index (χ2n) is 6.41. The molecule has 0 saturated heterocycles. The fourth-order valence-corrected chi connectivity index (χ4v) is 3.85. The molecule has 1 unspecified atom stereocenters.